The predicted octanol–water partition coefficient (Wildman–Crippen LogP) is 8.89. The second kappa shape index (κ2) is 16.2. The fourth-order valence-electron chi connectivity index (χ4n) is 9.15. The standard InChI is InChI=1S/C44H42ClF3N6O8/c1-59-31-8-6-7-23-19-33(61-38(23)31)40(55)49-26-9-10-28-24(17-26)18-29(50-28)41(56)54-22-25(21-45)34-30(54)20-32(37-35(34)36(42(57)60-2)39(51-37)44(46,47)48)62-43(58)53-15-11-27(12-16-53)52-13-4-3-5-14-52/h6-10,17-20,25,27,50-51H,3-5,11-16,21-22H2,1-2H3,(H,49,55)/t25-/m1/s1. The number of carbonyl (C=O) groups excluding carboxylic acids is 4. The van der Waals surface area contributed by atoms with Crippen LogP contribution in [0.1, 0.15) is 80.7 Å². The van der Waals surface area contributed by atoms with Gasteiger partial charge in [0.1, 0.15) is 11.4 Å². The van der Waals surface area contributed by atoms with Crippen LogP contribution < -0.4 is 19.7 Å². The van der Waals surface area contributed by atoms with Crippen molar-refractivity contribution in [2.45, 2.75) is 50.2 Å². The number of hydrogen-bond donors (Lipinski definition) is 3. The van der Waals surface area contributed by atoms with Gasteiger partial charge in [0, 0.05) is 70.9 Å². The maximum absolute atomic E-state index is 14.7. The van der Waals surface area contributed by atoms with Crippen molar-refractivity contribution in [3.63, 3.8) is 0 Å². The third-order valence-electron chi connectivity index (χ3n) is 12.2. The summed E-state index contributed by atoms with van der Waals surface area (Å²) >= 11 is 6.48. The van der Waals surface area contributed by atoms with Gasteiger partial charge in [0.05, 0.1) is 31.0 Å². The van der Waals surface area contributed by atoms with Crippen LogP contribution in [0.15, 0.2) is 59.0 Å². The molecule has 6 aromatic rings. The smallest absolute Gasteiger partial charge is 0.432 e. The number of esters is 1. The number of aromatic amines is 2. The highest BCUT2D eigenvalue weighted by Crippen LogP contribution is 2.50. The van der Waals surface area contributed by atoms with Crippen molar-refractivity contribution < 1.29 is 51.0 Å². The van der Waals surface area contributed by atoms with Crippen LogP contribution in [-0.2, 0) is 10.9 Å². The van der Waals surface area contributed by atoms with Gasteiger partial charge in [0.25, 0.3) is 11.8 Å². The molecule has 0 bridgehead atoms. The number of aromatic nitrogens is 2. The summed E-state index contributed by atoms with van der Waals surface area (Å²) in [5.74, 6) is -2.97. The Morgan fingerprint density at radius 1 is 0.919 bits per heavy atom. The molecule has 3 amide bonds. The number of halogens is 4. The van der Waals surface area contributed by atoms with Crippen LogP contribution in [0.5, 0.6) is 11.5 Å². The molecule has 9 rings (SSSR count). The van der Waals surface area contributed by atoms with Gasteiger partial charge >= 0.3 is 18.2 Å². The van der Waals surface area contributed by atoms with Crippen molar-refractivity contribution in [3.8, 4) is 11.5 Å². The third-order valence-corrected chi connectivity index (χ3v) is 12.5. The number of carbonyl (C=O) groups is 4. The fourth-order valence-corrected chi connectivity index (χ4v) is 9.40. The molecule has 3 N–H and O–H groups in total. The van der Waals surface area contributed by atoms with Crippen molar-refractivity contribution in [1.29, 1.82) is 0 Å². The highest BCUT2D eigenvalue weighted by Gasteiger charge is 2.44. The Bertz CT molecular complexity index is 2750. The Labute approximate surface area is 357 Å². The number of nitrogens with zero attached hydrogens (tertiary/aromatic N) is 3. The number of anilines is 2. The van der Waals surface area contributed by atoms with Gasteiger partial charge in [-0.15, -0.1) is 11.6 Å². The van der Waals surface area contributed by atoms with Gasteiger partial charge in [-0.3, -0.25) is 9.59 Å². The molecule has 0 saturated carbocycles. The predicted molar refractivity (Wildman–Crippen MR) is 225 cm³/mol. The Morgan fingerprint density at radius 3 is 2.40 bits per heavy atom. The van der Waals surface area contributed by atoms with E-state index in [-0.39, 0.29) is 51.8 Å². The molecular formula is C44H42ClF3N6O8. The second-order valence-electron chi connectivity index (χ2n) is 15.8. The second-order valence-corrected chi connectivity index (χ2v) is 16.1. The van der Waals surface area contributed by atoms with Gasteiger partial charge in [-0.05, 0) is 80.7 Å². The van der Waals surface area contributed by atoms with Gasteiger partial charge in [0.15, 0.2) is 22.8 Å². The van der Waals surface area contributed by atoms with E-state index in [2.05, 4.69) is 20.2 Å². The van der Waals surface area contributed by atoms with Crippen molar-refractivity contribution in [2.75, 3.05) is 63.0 Å². The summed E-state index contributed by atoms with van der Waals surface area (Å²) < 4.78 is 66.0. The van der Waals surface area contributed by atoms with Gasteiger partial charge in [0.2, 0.25) is 0 Å². The molecule has 0 unspecified atom stereocenters. The number of nitrogens with one attached hydrogen (secondary N) is 3. The Morgan fingerprint density at radius 2 is 1.69 bits per heavy atom. The lowest BCUT2D eigenvalue weighted by Gasteiger charge is -2.39. The van der Waals surface area contributed by atoms with Crippen LogP contribution in [0.4, 0.5) is 29.3 Å². The minimum atomic E-state index is -5.04. The van der Waals surface area contributed by atoms with Crippen LogP contribution in [0, 0.1) is 0 Å². The zero-order valence-corrected chi connectivity index (χ0v) is 34.5. The Hall–Kier alpha value is -6.20. The number of alkyl halides is 4. The lowest BCUT2D eigenvalue weighted by Crippen LogP contribution is -2.48. The summed E-state index contributed by atoms with van der Waals surface area (Å²) in [7, 11) is 2.47. The number of piperidine rings is 2. The quantitative estimate of drug-likeness (QED) is 0.100. The maximum atomic E-state index is 14.7. The molecule has 3 aliphatic rings. The van der Waals surface area contributed by atoms with Crippen molar-refractivity contribution in [1.82, 2.24) is 19.8 Å². The summed E-state index contributed by atoms with van der Waals surface area (Å²) in [4.78, 5) is 65.5. The summed E-state index contributed by atoms with van der Waals surface area (Å²) in [6.45, 7) is 2.73. The number of furan rings is 1. The average Bonchev–Trinajstić information content (AvgIpc) is 4.08. The molecule has 0 spiro atoms. The largest absolute Gasteiger partial charge is 0.493 e. The van der Waals surface area contributed by atoms with Crippen LogP contribution in [0.25, 0.3) is 32.8 Å². The number of ether oxygens (including phenoxy) is 3. The molecule has 62 heavy (non-hydrogen) atoms. The van der Waals surface area contributed by atoms with E-state index >= 15 is 0 Å². The number of benzene rings is 3. The van der Waals surface area contributed by atoms with E-state index in [9.17, 15) is 32.3 Å². The van der Waals surface area contributed by atoms with Crippen LogP contribution >= 0.6 is 11.6 Å². The Balaban J connectivity index is 1.04. The van der Waals surface area contributed by atoms with Crippen LogP contribution in [0.2, 0.25) is 0 Å². The molecule has 3 aromatic heterocycles. The SMILES string of the molecule is COC(=O)c1c(C(F)(F)F)[nH]c2c(OC(=O)N3CCC(N4CCCCC4)CC3)cc3c(c12)[C@H](CCl)CN3C(=O)c1cc2cc(NC(=O)c3cc4cccc(OC)c4o3)ccc2[nH]1. The van der Waals surface area contributed by atoms with E-state index in [0.717, 1.165) is 45.9 Å². The van der Waals surface area contributed by atoms with Crippen molar-refractivity contribution in [3.05, 3.63) is 82.9 Å². The number of amides is 3. The number of methoxy groups -OCH3 is 2. The minimum Gasteiger partial charge on any atom is -0.493 e. The van der Waals surface area contributed by atoms with Gasteiger partial charge < -0.3 is 48.6 Å². The van der Waals surface area contributed by atoms with Gasteiger partial charge in [-0.1, -0.05) is 18.6 Å². The van der Waals surface area contributed by atoms with E-state index < -0.39 is 47.2 Å². The third kappa shape index (κ3) is 7.36. The van der Waals surface area contributed by atoms with Crippen LogP contribution in [-0.4, -0.2) is 103 Å². The normalized spacial score (nSPS) is 17.5. The van der Waals surface area contributed by atoms with Gasteiger partial charge in [-0.25, -0.2) is 9.59 Å². The molecule has 3 aliphatic heterocycles. The first-order valence-corrected chi connectivity index (χ1v) is 20.9. The highest BCUT2D eigenvalue weighted by molar-refractivity contribution is 6.20. The Kier molecular flexibility index (Phi) is 10.8. The van der Waals surface area contributed by atoms with E-state index in [4.69, 9.17) is 30.2 Å². The summed E-state index contributed by atoms with van der Waals surface area (Å²) in [5, 5.41) is 3.86. The van der Waals surface area contributed by atoms with E-state index in [1.54, 1.807) is 48.5 Å². The molecule has 3 aromatic carbocycles. The molecule has 0 radical (unpaired) electrons. The van der Waals surface area contributed by atoms with E-state index in [1.807, 2.05) is 0 Å². The number of likely N-dealkylation sites (tertiary alicyclic amines) is 2. The minimum absolute atomic E-state index is 0.0628. The summed E-state index contributed by atoms with van der Waals surface area (Å²) in [6, 6.07) is 15.2. The molecule has 0 aliphatic carbocycles. The summed E-state index contributed by atoms with van der Waals surface area (Å²) in [5.41, 5.74) is -0.625. The fraction of sp³-hybridized carbons (Fsp3) is 0.364. The molecule has 18 heteroatoms. The zero-order chi connectivity index (χ0) is 43.4. The highest BCUT2D eigenvalue weighted by atomic mass is 35.5. The molecule has 2 fully saturated rings. The molecule has 2 saturated heterocycles. The number of rotatable bonds is 8. The first-order chi connectivity index (χ1) is 29.9. The molecule has 1 atom stereocenters. The number of hydrogen-bond acceptors (Lipinski definition) is 9. The van der Waals surface area contributed by atoms with E-state index in [1.165, 1.54) is 29.4 Å². The lowest BCUT2D eigenvalue weighted by atomic mass is 9.95. The molecule has 324 valence electrons. The number of H-pyrrole nitrogens is 2. The first kappa shape index (κ1) is 41.2. The summed E-state index contributed by atoms with van der Waals surface area (Å²) in [6.07, 6.45) is -0.909. The maximum Gasteiger partial charge on any atom is 0.432 e. The molecule has 14 nitrogen and oxygen atoms in total. The molecular weight excluding hydrogens is 833 g/mol. The van der Waals surface area contributed by atoms with Crippen molar-refractivity contribution >= 4 is 79.6 Å². The van der Waals surface area contributed by atoms with Crippen LogP contribution in [0.3, 0.4) is 0 Å². The van der Waals surface area contributed by atoms with E-state index in [0.29, 0.717) is 52.4 Å². The monoisotopic (exact) mass is 874 g/mol. The van der Waals surface area contributed by atoms with Gasteiger partial charge in [-0.2, -0.15) is 13.2 Å². The average molecular weight is 875 g/mol. The number of fused-ring (bicyclic) bond motifs is 5. The topological polar surface area (TPSA) is 162 Å². The van der Waals surface area contributed by atoms with Crippen molar-refractivity contribution in [2.24, 2.45) is 0 Å². The molecule has 6 heterocycles. The lowest BCUT2D eigenvalue weighted by molar-refractivity contribution is -0.141. The number of para-hydroxylation sites is 1. The zero-order valence-electron chi connectivity index (χ0n) is 33.7. The first-order valence-electron chi connectivity index (χ1n) is 20.3.